The Hall–Kier alpha value is -3.41. The Morgan fingerprint density at radius 2 is 1.55 bits per heavy atom. The van der Waals surface area contributed by atoms with E-state index in [4.69, 9.17) is 4.74 Å². The van der Waals surface area contributed by atoms with Gasteiger partial charge in [0.1, 0.15) is 12.3 Å². The highest BCUT2D eigenvalue weighted by Crippen LogP contribution is 2.35. The van der Waals surface area contributed by atoms with Gasteiger partial charge in [0.15, 0.2) is 0 Å². The third-order valence-corrected chi connectivity index (χ3v) is 6.56. The summed E-state index contributed by atoms with van der Waals surface area (Å²) in [5.74, 6) is -0.335. The molecule has 0 aromatic heterocycles. The highest BCUT2D eigenvalue weighted by Gasteiger charge is 2.48. The summed E-state index contributed by atoms with van der Waals surface area (Å²) in [6.07, 6.45) is 5.01. The molecular formula is C27H30N2O4. The Kier molecular flexibility index (Phi) is 6.63. The predicted molar refractivity (Wildman–Crippen MR) is 127 cm³/mol. The Morgan fingerprint density at radius 1 is 0.970 bits per heavy atom. The number of hydrogen-bond donors (Lipinski definition) is 0. The van der Waals surface area contributed by atoms with Crippen LogP contribution in [0.25, 0.3) is 0 Å². The van der Waals surface area contributed by atoms with Crippen LogP contribution >= 0.6 is 0 Å². The molecule has 1 saturated heterocycles. The third-order valence-electron chi connectivity index (χ3n) is 6.56. The van der Waals surface area contributed by atoms with Crippen molar-refractivity contribution in [1.82, 2.24) is 4.90 Å². The molecule has 6 heteroatoms. The van der Waals surface area contributed by atoms with Crippen molar-refractivity contribution < 1.29 is 19.1 Å². The van der Waals surface area contributed by atoms with Gasteiger partial charge in [-0.15, -0.1) is 0 Å². The largest absolute Gasteiger partial charge is 0.497 e. The lowest BCUT2D eigenvalue weighted by atomic mass is 9.85. The Morgan fingerprint density at radius 3 is 2.06 bits per heavy atom. The van der Waals surface area contributed by atoms with E-state index < -0.39 is 0 Å². The minimum absolute atomic E-state index is 0.237. The summed E-state index contributed by atoms with van der Waals surface area (Å²) >= 11 is 0. The Balaban J connectivity index is 1.57. The van der Waals surface area contributed by atoms with Gasteiger partial charge in [0.2, 0.25) is 17.7 Å². The fraction of sp³-hybridized carbons (Fsp3) is 0.370. The first kappa shape index (κ1) is 22.8. The Labute approximate surface area is 194 Å². The number of nitrogens with zero attached hydrogens (tertiary/aromatic N) is 2. The molecule has 0 bridgehead atoms. The minimum atomic E-state index is -0.340. The van der Waals surface area contributed by atoms with E-state index in [-0.39, 0.29) is 36.1 Å². The van der Waals surface area contributed by atoms with Crippen LogP contribution in [0.1, 0.15) is 43.7 Å². The average Bonchev–Trinajstić information content (AvgIpc) is 3.08. The van der Waals surface area contributed by atoms with Crippen molar-refractivity contribution in [2.24, 2.45) is 11.8 Å². The molecule has 2 aromatic rings. The van der Waals surface area contributed by atoms with Gasteiger partial charge >= 0.3 is 0 Å². The van der Waals surface area contributed by atoms with Gasteiger partial charge in [-0.25, -0.2) is 0 Å². The quantitative estimate of drug-likeness (QED) is 0.470. The predicted octanol–water partition coefficient (Wildman–Crippen LogP) is 4.30. The monoisotopic (exact) mass is 446 g/mol. The average molecular weight is 447 g/mol. The number of benzene rings is 2. The molecule has 0 saturated carbocycles. The molecule has 3 amide bonds. The number of rotatable bonds is 7. The molecule has 172 valence electrons. The lowest BCUT2D eigenvalue weighted by Crippen LogP contribution is -2.43. The van der Waals surface area contributed by atoms with Crippen molar-refractivity contribution in [3.8, 4) is 5.75 Å². The van der Waals surface area contributed by atoms with E-state index in [1.807, 2.05) is 36.4 Å². The number of hydrogen-bond acceptors (Lipinski definition) is 4. The summed E-state index contributed by atoms with van der Waals surface area (Å²) in [7, 11) is 1.59. The van der Waals surface area contributed by atoms with Crippen LogP contribution in [0.5, 0.6) is 5.75 Å². The van der Waals surface area contributed by atoms with Crippen molar-refractivity contribution >= 4 is 23.4 Å². The summed E-state index contributed by atoms with van der Waals surface area (Å²) in [4.78, 5) is 42.0. The van der Waals surface area contributed by atoms with E-state index in [0.717, 1.165) is 10.5 Å². The van der Waals surface area contributed by atoms with Crippen molar-refractivity contribution in [3.05, 3.63) is 71.8 Å². The van der Waals surface area contributed by atoms with Crippen LogP contribution in [0.3, 0.4) is 0 Å². The smallest absolute Gasteiger partial charge is 0.247 e. The maximum Gasteiger partial charge on any atom is 0.247 e. The van der Waals surface area contributed by atoms with Gasteiger partial charge in [0.25, 0.3) is 0 Å². The molecule has 2 aliphatic rings. The van der Waals surface area contributed by atoms with E-state index in [9.17, 15) is 14.4 Å². The number of fused-ring (bicyclic) bond motifs is 1. The van der Waals surface area contributed by atoms with Crippen molar-refractivity contribution in [3.63, 3.8) is 0 Å². The van der Waals surface area contributed by atoms with Crippen LogP contribution in [-0.2, 0) is 20.9 Å². The maximum absolute atomic E-state index is 13.5. The van der Waals surface area contributed by atoms with Crippen molar-refractivity contribution in [1.29, 1.82) is 0 Å². The third kappa shape index (κ3) is 4.70. The fourth-order valence-corrected chi connectivity index (χ4v) is 4.52. The molecule has 2 aromatic carbocycles. The van der Waals surface area contributed by atoms with Gasteiger partial charge in [0.05, 0.1) is 25.5 Å². The number of amides is 3. The number of carbonyl (C=O) groups is 3. The van der Waals surface area contributed by atoms with Gasteiger partial charge in [-0.1, -0.05) is 50.3 Å². The summed E-state index contributed by atoms with van der Waals surface area (Å²) < 4.78 is 5.25. The fourth-order valence-electron chi connectivity index (χ4n) is 4.52. The van der Waals surface area contributed by atoms with Crippen LogP contribution in [0, 0.1) is 11.8 Å². The zero-order valence-electron chi connectivity index (χ0n) is 19.4. The number of imide groups is 1. The second-order valence-corrected chi connectivity index (χ2v) is 8.99. The van der Waals surface area contributed by atoms with E-state index >= 15 is 0 Å². The summed E-state index contributed by atoms with van der Waals surface area (Å²) in [6, 6.07) is 15.4. The molecule has 6 nitrogen and oxygen atoms in total. The van der Waals surface area contributed by atoms with Crippen LogP contribution in [0.2, 0.25) is 0 Å². The Bertz CT molecular complexity index is 1030. The van der Waals surface area contributed by atoms with Gasteiger partial charge < -0.3 is 9.64 Å². The SMILES string of the molecule is COc1ccc(N(Cc2ccc(C(C)C)cc2)C(=O)CN2C(=O)C3CC=CCC3C2=O)cc1. The topological polar surface area (TPSA) is 66.9 Å². The number of carbonyl (C=O) groups excluding carboxylic acids is 3. The number of anilines is 1. The second-order valence-electron chi connectivity index (χ2n) is 8.99. The molecule has 0 spiro atoms. The zero-order valence-corrected chi connectivity index (χ0v) is 19.4. The van der Waals surface area contributed by atoms with Crippen molar-refractivity contribution in [2.45, 2.75) is 39.2 Å². The standard InChI is InChI=1S/C27H30N2O4/c1-18(2)20-10-8-19(9-11-20)16-28(21-12-14-22(33-3)15-13-21)25(30)17-29-26(31)23-6-4-5-7-24(23)27(29)32/h4-5,8-15,18,23-24H,6-7,16-17H2,1-3H3. The zero-order chi connectivity index (χ0) is 23.5. The molecule has 2 unspecified atom stereocenters. The number of allylic oxidation sites excluding steroid dienone is 2. The molecule has 0 radical (unpaired) electrons. The van der Waals surface area contributed by atoms with Crippen LogP contribution in [0.15, 0.2) is 60.7 Å². The van der Waals surface area contributed by atoms with Gasteiger partial charge in [0, 0.05) is 5.69 Å². The second kappa shape index (κ2) is 9.61. The molecule has 1 heterocycles. The summed E-state index contributed by atoms with van der Waals surface area (Å²) in [5, 5.41) is 0. The van der Waals surface area contributed by atoms with Gasteiger partial charge in [-0.05, 0) is 54.2 Å². The van der Waals surface area contributed by atoms with E-state index in [1.54, 1.807) is 24.1 Å². The molecule has 0 N–H and O–H groups in total. The van der Waals surface area contributed by atoms with Crippen molar-refractivity contribution in [2.75, 3.05) is 18.6 Å². The molecule has 1 aliphatic heterocycles. The molecule has 33 heavy (non-hydrogen) atoms. The molecular weight excluding hydrogens is 416 g/mol. The number of methoxy groups -OCH3 is 1. The van der Waals surface area contributed by atoms with E-state index in [2.05, 4.69) is 26.0 Å². The summed E-state index contributed by atoms with van der Waals surface area (Å²) in [6.45, 7) is 4.37. The van der Waals surface area contributed by atoms with E-state index in [1.165, 1.54) is 5.56 Å². The first-order chi connectivity index (χ1) is 15.9. The maximum atomic E-state index is 13.5. The summed E-state index contributed by atoms with van der Waals surface area (Å²) in [5.41, 5.74) is 2.89. The normalized spacial score (nSPS) is 19.7. The minimum Gasteiger partial charge on any atom is -0.497 e. The highest BCUT2D eigenvalue weighted by molar-refractivity contribution is 6.09. The molecule has 1 aliphatic carbocycles. The van der Waals surface area contributed by atoms with E-state index in [0.29, 0.717) is 36.7 Å². The number of ether oxygens (including phenoxy) is 1. The van der Waals surface area contributed by atoms with Gasteiger partial charge in [-0.3, -0.25) is 19.3 Å². The number of likely N-dealkylation sites (tertiary alicyclic amines) is 1. The highest BCUT2D eigenvalue weighted by atomic mass is 16.5. The van der Waals surface area contributed by atoms with Crippen LogP contribution in [-0.4, -0.2) is 36.3 Å². The lowest BCUT2D eigenvalue weighted by Gasteiger charge is -2.26. The first-order valence-corrected chi connectivity index (χ1v) is 11.4. The van der Waals surface area contributed by atoms with Crippen LogP contribution in [0.4, 0.5) is 5.69 Å². The van der Waals surface area contributed by atoms with Crippen LogP contribution < -0.4 is 9.64 Å². The lowest BCUT2D eigenvalue weighted by molar-refractivity contribution is -0.143. The molecule has 1 fully saturated rings. The first-order valence-electron chi connectivity index (χ1n) is 11.4. The van der Waals surface area contributed by atoms with Gasteiger partial charge in [-0.2, -0.15) is 0 Å². The molecule has 4 rings (SSSR count). The molecule has 2 atom stereocenters.